The summed E-state index contributed by atoms with van der Waals surface area (Å²) in [6.07, 6.45) is 0. The van der Waals surface area contributed by atoms with E-state index < -0.39 is 9.05 Å². The van der Waals surface area contributed by atoms with Crippen LogP contribution in [0.2, 0.25) is 0 Å². The van der Waals surface area contributed by atoms with Crippen molar-refractivity contribution in [3.8, 4) is 0 Å². The normalized spacial score (nSPS) is 4.14. The first-order valence-corrected chi connectivity index (χ1v) is 3.00. The summed E-state index contributed by atoms with van der Waals surface area (Å²) in [4.78, 5) is 0. The molecule has 0 amide bonds. The zero-order valence-electron chi connectivity index (χ0n) is 7.54. The Morgan fingerprint density at radius 1 is 0.786 bits per heavy atom. The van der Waals surface area contributed by atoms with Crippen molar-refractivity contribution in [2.75, 3.05) is 0 Å². The Morgan fingerprint density at radius 2 is 0.786 bits per heavy atom. The van der Waals surface area contributed by atoms with Gasteiger partial charge in [0, 0.05) is 0 Å². The first-order chi connectivity index (χ1) is 2.00. The molecule has 14 heteroatoms. The largest absolute Gasteiger partial charge is 1.00 e. The molecule has 0 aliphatic rings. The van der Waals surface area contributed by atoms with E-state index in [-0.39, 0.29) is 113 Å². The summed E-state index contributed by atoms with van der Waals surface area (Å²) < 4.78 is 26.7. The van der Waals surface area contributed by atoms with Crippen LogP contribution in [0.15, 0.2) is 0 Å². The maximum Gasteiger partial charge on any atom is 1.00 e. The molecular weight excluding hydrogens is 302 g/mol. The van der Waals surface area contributed by atoms with Crippen LogP contribution in [0.1, 0.15) is 0 Å². The molecule has 0 unspecified atom stereocenters. The van der Waals surface area contributed by atoms with E-state index in [9.17, 15) is 0 Å². The zero-order valence-corrected chi connectivity index (χ0v) is 15.2. The molecule has 0 heterocycles. The molecule has 0 aliphatic heterocycles. The quantitative estimate of drug-likeness (QED) is 0.397. The van der Waals surface area contributed by atoms with Gasteiger partial charge in [0.2, 0.25) is 0 Å². The van der Waals surface area contributed by atoms with Gasteiger partial charge in [0.05, 0.1) is 0 Å². The molecule has 0 saturated heterocycles. The van der Waals surface area contributed by atoms with Crippen molar-refractivity contribution in [2.45, 2.75) is 0 Å². The third-order valence-corrected chi connectivity index (χ3v) is 0. The standard InChI is InChI=1S/2Na.H2O3S2.5H2O.2H2S/c;;1-5(2,3)4;;;;;;;/h;;(H2,1,2,3,4);7*1H2/q2*+1;;;;;;;;/p-2. The van der Waals surface area contributed by atoms with Crippen LogP contribution in [0.3, 0.4) is 0 Å². The molecule has 14 heavy (non-hydrogen) atoms. The van der Waals surface area contributed by atoms with Gasteiger partial charge in [0.15, 0.2) is 0 Å². The van der Waals surface area contributed by atoms with E-state index in [0.29, 0.717) is 0 Å². The fraction of sp³-hybridized carbons (Fsp3) is 0. The molecule has 0 atom stereocenters. The maximum atomic E-state index is 8.89. The van der Waals surface area contributed by atoms with Gasteiger partial charge in [-0.2, -0.15) is 27.0 Å². The maximum absolute atomic E-state index is 8.89. The van der Waals surface area contributed by atoms with Crippen molar-refractivity contribution >= 4 is 47.2 Å². The van der Waals surface area contributed by atoms with Gasteiger partial charge >= 0.3 is 59.1 Å². The molecular formula is H14Na2O8S4. The molecule has 0 aromatic heterocycles. The Kier molecular flexibility index (Phi) is 290. The van der Waals surface area contributed by atoms with E-state index >= 15 is 0 Å². The fourth-order valence-corrected chi connectivity index (χ4v) is 0. The monoisotopic (exact) mass is 316 g/mol. The van der Waals surface area contributed by atoms with E-state index in [2.05, 4.69) is 11.2 Å². The Bertz CT molecular complexity index is 103. The van der Waals surface area contributed by atoms with Crippen LogP contribution < -0.4 is 59.1 Å². The molecule has 0 aromatic carbocycles. The van der Waals surface area contributed by atoms with Gasteiger partial charge in [-0.25, -0.2) is 0 Å². The second-order valence-corrected chi connectivity index (χ2v) is 2.45. The van der Waals surface area contributed by atoms with E-state index in [1.807, 2.05) is 0 Å². The molecule has 0 rings (SSSR count). The van der Waals surface area contributed by atoms with E-state index in [1.165, 1.54) is 0 Å². The summed E-state index contributed by atoms with van der Waals surface area (Å²) in [6.45, 7) is 0. The van der Waals surface area contributed by atoms with Crippen LogP contribution in [0.5, 0.6) is 0 Å². The van der Waals surface area contributed by atoms with Gasteiger partial charge in [-0.3, -0.25) is 4.21 Å². The first-order valence-electron chi connectivity index (χ1n) is 0.667. The third kappa shape index (κ3) is 361. The van der Waals surface area contributed by atoms with Crippen molar-refractivity contribution in [1.82, 2.24) is 0 Å². The molecule has 10 N–H and O–H groups in total. The molecule has 8 nitrogen and oxygen atoms in total. The van der Waals surface area contributed by atoms with Crippen molar-refractivity contribution in [3.63, 3.8) is 0 Å². The SMILES string of the molecule is O.O.O.O.O.O=S([O-])([O-])=S.S.S.[Na+].[Na+]. The van der Waals surface area contributed by atoms with Crippen LogP contribution in [-0.4, -0.2) is 40.7 Å². The smallest absolute Gasteiger partial charge is 0.780 e. The number of rotatable bonds is 0. The summed E-state index contributed by atoms with van der Waals surface area (Å²) in [6, 6.07) is 0. The summed E-state index contributed by atoms with van der Waals surface area (Å²) in [5.41, 5.74) is 0. The van der Waals surface area contributed by atoms with Crippen LogP contribution >= 0.6 is 27.0 Å². The van der Waals surface area contributed by atoms with E-state index in [4.69, 9.17) is 13.3 Å². The molecule has 0 spiro atoms. The second-order valence-electron chi connectivity index (χ2n) is 0.408. The van der Waals surface area contributed by atoms with Crippen LogP contribution in [0.4, 0.5) is 0 Å². The molecule has 0 aromatic rings. The van der Waals surface area contributed by atoms with Crippen molar-refractivity contribution < 1.29 is 99.8 Å². The second kappa shape index (κ2) is 44.7. The van der Waals surface area contributed by atoms with Gasteiger partial charge in [0.1, 0.15) is 0 Å². The topological polar surface area (TPSA) is 221 Å². The molecule has 0 bridgehead atoms. The number of hydrogen-bond acceptors (Lipinski definition) is 4. The summed E-state index contributed by atoms with van der Waals surface area (Å²) >= 11 is 3.24. The minimum Gasteiger partial charge on any atom is -0.780 e. The van der Waals surface area contributed by atoms with E-state index in [0.717, 1.165) is 0 Å². The van der Waals surface area contributed by atoms with Crippen molar-refractivity contribution in [2.24, 2.45) is 0 Å². The van der Waals surface area contributed by atoms with Crippen molar-refractivity contribution in [3.05, 3.63) is 0 Å². The first kappa shape index (κ1) is 90.8. The van der Waals surface area contributed by atoms with Gasteiger partial charge in [-0.1, -0.05) is 0 Å². The minimum absolute atomic E-state index is 0. The molecule has 0 fully saturated rings. The van der Waals surface area contributed by atoms with Crippen molar-refractivity contribution in [1.29, 1.82) is 0 Å². The van der Waals surface area contributed by atoms with Crippen LogP contribution in [0.25, 0.3) is 0 Å². The Balaban J connectivity index is -0.00000000222. The average molecular weight is 316 g/mol. The van der Waals surface area contributed by atoms with E-state index in [1.54, 1.807) is 0 Å². The number of hydrogen-bond donors (Lipinski definition) is 0. The molecule has 0 radical (unpaired) electrons. The summed E-state index contributed by atoms with van der Waals surface area (Å²) in [5.74, 6) is 0. The van der Waals surface area contributed by atoms with Crippen LogP contribution in [0, 0.1) is 0 Å². The van der Waals surface area contributed by atoms with Gasteiger partial charge in [-0.05, 0) is 11.2 Å². The third-order valence-electron chi connectivity index (χ3n) is 0. The van der Waals surface area contributed by atoms with Gasteiger partial charge in [0.25, 0.3) is 0 Å². The Labute approximate surface area is 145 Å². The van der Waals surface area contributed by atoms with Gasteiger partial charge in [-0.15, -0.1) is 9.05 Å². The Hall–Kier alpha value is 2.79. The summed E-state index contributed by atoms with van der Waals surface area (Å²) in [5, 5.41) is 0. The molecule has 0 aliphatic carbocycles. The predicted octanol–water partition coefficient (Wildman–Crippen LogP) is -10.9. The molecule has 0 saturated carbocycles. The van der Waals surface area contributed by atoms with Gasteiger partial charge < -0.3 is 36.5 Å². The fourth-order valence-electron chi connectivity index (χ4n) is 0. The minimum atomic E-state index is -4.33. The van der Waals surface area contributed by atoms with Crippen LogP contribution in [-0.2, 0) is 20.2 Å². The Morgan fingerprint density at radius 3 is 0.786 bits per heavy atom. The average Bonchev–Trinajstić information content (AvgIpc) is 0.722. The molecule has 88 valence electrons. The predicted molar refractivity (Wildman–Crippen MR) is 55.9 cm³/mol. The zero-order chi connectivity index (χ0) is 4.50. The summed E-state index contributed by atoms with van der Waals surface area (Å²) in [7, 11) is -4.33.